The fraction of sp³-hybridized carbons (Fsp3) is 0.0870. The molecule has 14 rings (SSSR count). The highest BCUT2D eigenvalue weighted by Gasteiger charge is 2.33. The van der Waals surface area contributed by atoms with Gasteiger partial charge in [-0.05, 0) is 108 Å². The molecule has 0 spiro atoms. The highest BCUT2D eigenvalue weighted by molar-refractivity contribution is 6.19. The minimum Gasteiger partial charge on any atom is -0.312 e. The zero-order valence-electron chi connectivity index (χ0n) is 40.9. The van der Waals surface area contributed by atoms with Gasteiger partial charge in [-0.25, -0.2) is 15.0 Å². The van der Waals surface area contributed by atoms with Gasteiger partial charge in [0.05, 0.1) is 22.1 Å². The molecule has 11 aromatic rings. The molecule has 352 valence electrons. The number of rotatable bonds is 9. The van der Waals surface area contributed by atoms with Crippen LogP contribution in [-0.4, -0.2) is 24.1 Å². The fourth-order valence-corrected chi connectivity index (χ4v) is 11.9. The monoisotopic (exact) mass is 949 g/mol. The van der Waals surface area contributed by atoms with Gasteiger partial charge in [0.25, 0.3) is 0 Å². The van der Waals surface area contributed by atoms with Crippen LogP contribution in [0.15, 0.2) is 260 Å². The summed E-state index contributed by atoms with van der Waals surface area (Å²) in [6.45, 7) is 0. The lowest BCUT2D eigenvalue weighted by molar-refractivity contribution is 0.821. The Morgan fingerprint density at radius 2 is 0.959 bits per heavy atom. The standard InChI is InChI=1S/C69H51N5/c1-7-23-46(24-8-1)51-39-52(47-25-9-2-10-26-47)41-53(40-51)68-70-67(50-31-15-5-16-32-50)71-69(72-68)54-42-58(48-27-11-3-12-28-48)66(59(43-54)49-29-13-4-14-30-49)74-63-38-22-20-36-57(63)61-44-64-60(45-65(61)74)56-35-19-21-37-62(56)73(64)55-33-17-6-18-34-55/h1-3,5-13,15-38,40-41,43-45,51,58H,4,14,39,42H2. The van der Waals surface area contributed by atoms with Gasteiger partial charge in [-0.15, -0.1) is 0 Å². The third kappa shape index (κ3) is 7.68. The quantitative estimate of drug-likeness (QED) is 0.145. The van der Waals surface area contributed by atoms with Crippen molar-refractivity contribution in [1.29, 1.82) is 0 Å². The van der Waals surface area contributed by atoms with E-state index in [0.717, 1.165) is 41.7 Å². The Labute approximate surface area is 430 Å². The number of benzene rings is 8. The molecule has 8 aromatic carbocycles. The Hall–Kier alpha value is -9.19. The molecular weight excluding hydrogens is 899 g/mol. The summed E-state index contributed by atoms with van der Waals surface area (Å²) in [6, 6.07) is 76.6. The van der Waals surface area contributed by atoms with Gasteiger partial charge in [0, 0.05) is 61.5 Å². The van der Waals surface area contributed by atoms with Crippen molar-refractivity contribution in [3.8, 4) is 17.1 Å². The molecular formula is C69H51N5. The van der Waals surface area contributed by atoms with Gasteiger partial charge in [-0.3, -0.25) is 0 Å². The first kappa shape index (κ1) is 43.6. The van der Waals surface area contributed by atoms with Crippen molar-refractivity contribution in [3.63, 3.8) is 0 Å². The molecule has 0 aliphatic heterocycles. The van der Waals surface area contributed by atoms with Crippen LogP contribution in [0, 0.1) is 0 Å². The van der Waals surface area contributed by atoms with E-state index >= 15 is 0 Å². The van der Waals surface area contributed by atoms with Crippen LogP contribution < -0.4 is 0 Å². The van der Waals surface area contributed by atoms with E-state index in [2.05, 4.69) is 258 Å². The van der Waals surface area contributed by atoms with E-state index in [-0.39, 0.29) is 11.8 Å². The van der Waals surface area contributed by atoms with Crippen LogP contribution in [0.2, 0.25) is 0 Å². The Morgan fingerprint density at radius 1 is 0.405 bits per heavy atom. The molecule has 3 aromatic heterocycles. The van der Waals surface area contributed by atoms with E-state index in [1.54, 1.807) is 0 Å². The molecule has 5 nitrogen and oxygen atoms in total. The largest absolute Gasteiger partial charge is 0.312 e. The van der Waals surface area contributed by atoms with Crippen molar-refractivity contribution in [2.45, 2.75) is 37.5 Å². The highest BCUT2D eigenvalue weighted by Crippen LogP contribution is 2.50. The molecule has 2 atom stereocenters. The third-order valence-corrected chi connectivity index (χ3v) is 15.3. The van der Waals surface area contributed by atoms with Gasteiger partial charge in [0.15, 0.2) is 17.5 Å². The van der Waals surface area contributed by atoms with Crippen LogP contribution in [0.25, 0.3) is 83.1 Å². The molecule has 3 aliphatic rings. The van der Waals surface area contributed by atoms with Crippen molar-refractivity contribution >= 4 is 66.0 Å². The van der Waals surface area contributed by atoms with E-state index in [0.29, 0.717) is 23.9 Å². The maximum atomic E-state index is 5.58. The van der Waals surface area contributed by atoms with Crippen molar-refractivity contribution in [3.05, 3.63) is 288 Å². The average Bonchev–Trinajstić information content (AvgIpc) is 3.99. The zero-order chi connectivity index (χ0) is 49.0. The Morgan fingerprint density at radius 3 is 1.62 bits per heavy atom. The Bertz CT molecular complexity index is 4150. The lowest BCUT2D eigenvalue weighted by atomic mass is 9.79. The zero-order valence-corrected chi connectivity index (χ0v) is 40.9. The SMILES string of the molecule is C1=CC(C2=C(n3c4ccccc4c4cc5c(cc43)c3ccccc3n5-c3ccccc3)C(c3ccccc3)CC(c3nc(C4=CC(c5ccccc5)CC(c5ccccc5)=C4)nc(-c4ccccc4)n3)=C2)=CCC1. The maximum Gasteiger partial charge on any atom is 0.164 e. The molecule has 0 N–H and O–H groups in total. The summed E-state index contributed by atoms with van der Waals surface area (Å²) in [4.78, 5) is 16.4. The molecule has 0 amide bonds. The number of nitrogens with zero attached hydrogens (tertiary/aromatic N) is 5. The van der Waals surface area contributed by atoms with Gasteiger partial charge in [0.1, 0.15) is 0 Å². The van der Waals surface area contributed by atoms with Crippen LogP contribution in [0.1, 0.15) is 65.9 Å². The van der Waals surface area contributed by atoms with Crippen LogP contribution in [0.4, 0.5) is 0 Å². The number of allylic oxidation sites excluding steroid dienone is 12. The van der Waals surface area contributed by atoms with Gasteiger partial charge in [-0.2, -0.15) is 0 Å². The van der Waals surface area contributed by atoms with Gasteiger partial charge >= 0.3 is 0 Å². The second kappa shape index (κ2) is 18.4. The molecule has 2 unspecified atom stereocenters. The number of para-hydroxylation sites is 3. The van der Waals surface area contributed by atoms with Crippen LogP contribution in [-0.2, 0) is 0 Å². The topological polar surface area (TPSA) is 48.5 Å². The van der Waals surface area contributed by atoms with Crippen LogP contribution in [0.5, 0.6) is 0 Å². The van der Waals surface area contributed by atoms with Crippen LogP contribution >= 0.6 is 0 Å². The van der Waals surface area contributed by atoms with E-state index in [1.165, 1.54) is 82.7 Å². The Kier molecular flexibility index (Phi) is 10.9. The first-order chi connectivity index (χ1) is 36.7. The fourth-order valence-electron chi connectivity index (χ4n) is 11.9. The van der Waals surface area contributed by atoms with Gasteiger partial charge in [0.2, 0.25) is 0 Å². The van der Waals surface area contributed by atoms with Crippen molar-refractivity contribution < 1.29 is 0 Å². The van der Waals surface area contributed by atoms with Crippen molar-refractivity contribution in [1.82, 2.24) is 24.1 Å². The predicted octanol–water partition coefficient (Wildman–Crippen LogP) is 17.2. The molecule has 3 aliphatic carbocycles. The predicted molar refractivity (Wildman–Crippen MR) is 307 cm³/mol. The molecule has 3 heterocycles. The summed E-state index contributed by atoms with van der Waals surface area (Å²) in [5.74, 6) is 2.11. The molecule has 0 saturated carbocycles. The van der Waals surface area contributed by atoms with E-state index in [9.17, 15) is 0 Å². The molecule has 0 fully saturated rings. The molecule has 74 heavy (non-hydrogen) atoms. The lowest BCUT2D eigenvalue weighted by Crippen LogP contribution is -2.17. The highest BCUT2D eigenvalue weighted by atomic mass is 15.0. The summed E-state index contributed by atoms with van der Waals surface area (Å²) in [5.41, 5.74) is 17.6. The summed E-state index contributed by atoms with van der Waals surface area (Å²) in [5, 5.41) is 4.91. The number of hydrogen-bond donors (Lipinski definition) is 0. The first-order valence-corrected chi connectivity index (χ1v) is 25.9. The Balaban J connectivity index is 1.03. The maximum absolute atomic E-state index is 5.58. The lowest BCUT2D eigenvalue weighted by Gasteiger charge is -2.31. The summed E-state index contributed by atoms with van der Waals surface area (Å²) in [6.07, 6.45) is 17.7. The van der Waals surface area contributed by atoms with Gasteiger partial charge in [-0.1, -0.05) is 200 Å². The normalized spacial score (nSPS) is 16.9. The summed E-state index contributed by atoms with van der Waals surface area (Å²) < 4.78 is 5.03. The van der Waals surface area contributed by atoms with E-state index in [4.69, 9.17) is 15.0 Å². The van der Waals surface area contributed by atoms with E-state index < -0.39 is 0 Å². The molecule has 0 bridgehead atoms. The number of aromatic nitrogens is 5. The molecule has 0 radical (unpaired) electrons. The molecule has 0 saturated heterocycles. The summed E-state index contributed by atoms with van der Waals surface area (Å²) in [7, 11) is 0. The second-order valence-electron chi connectivity index (χ2n) is 19.8. The van der Waals surface area contributed by atoms with Gasteiger partial charge < -0.3 is 9.13 Å². The van der Waals surface area contributed by atoms with Crippen LogP contribution in [0.3, 0.4) is 0 Å². The minimum atomic E-state index is -0.0656. The number of hydrogen-bond acceptors (Lipinski definition) is 3. The number of fused-ring (bicyclic) bond motifs is 6. The second-order valence-corrected chi connectivity index (χ2v) is 19.8. The summed E-state index contributed by atoms with van der Waals surface area (Å²) >= 11 is 0. The van der Waals surface area contributed by atoms with E-state index in [1.807, 2.05) is 0 Å². The van der Waals surface area contributed by atoms with Crippen molar-refractivity contribution in [2.75, 3.05) is 0 Å². The molecule has 5 heteroatoms. The third-order valence-electron chi connectivity index (χ3n) is 15.3. The first-order valence-electron chi connectivity index (χ1n) is 25.9. The average molecular weight is 950 g/mol. The van der Waals surface area contributed by atoms with Crippen molar-refractivity contribution in [2.24, 2.45) is 0 Å². The minimum absolute atomic E-state index is 0.0656. The smallest absolute Gasteiger partial charge is 0.164 e.